The van der Waals surface area contributed by atoms with E-state index in [1.165, 1.54) is 30.3 Å². The maximum Gasteiger partial charge on any atom is 0.242 e. The minimum absolute atomic E-state index is 0.00212. The lowest BCUT2D eigenvalue weighted by Crippen LogP contribution is -2.45. The number of benzene rings is 3. The molecule has 2 N–H and O–H groups in total. The summed E-state index contributed by atoms with van der Waals surface area (Å²) in [5.41, 5.74) is 1.12. The monoisotopic (exact) mass is 482 g/mol. The largest absolute Gasteiger partial charge is 0.323 e. The summed E-state index contributed by atoms with van der Waals surface area (Å²) in [5, 5.41) is 3.73. The van der Waals surface area contributed by atoms with Crippen molar-refractivity contribution in [3.05, 3.63) is 93.4 Å². The third-order valence-corrected chi connectivity index (χ3v) is 6.50. The fourth-order valence-corrected chi connectivity index (χ4v) is 4.49. The average Bonchev–Trinajstić information content (AvgIpc) is 2.70. The van der Waals surface area contributed by atoms with Crippen molar-refractivity contribution in [2.24, 2.45) is 0 Å². The molecule has 0 spiro atoms. The van der Waals surface area contributed by atoms with Crippen LogP contribution < -0.4 is 10.0 Å². The number of amides is 1. The zero-order valence-corrected chi connectivity index (χ0v) is 18.6. The van der Waals surface area contributed by atoms with E-state index in [2.05, 4.69) is 10.0 Å². The average molecular weight is 484 g/mol. The molecule has 3 aromatic rings. The minimum atomic E-state index is -3.97. The minimum Gasteiger partial charge on any atom is -0.323 e. The second-order valence-corrected chi connectivity index (χ2v) is 9.42. The molecule has 0 saturated heterocycles. The van der Waals surface area contributed by atoms with E-state index in [9.17, 15) is 13.2 Å². The molecule has 0 aliphatic heterocycles. The molecular weight excluding hydrogens is 467 g/mol. The van der Waals surface area contributed by atoms with E-state index < -0.39 is 22.0 Å². The van der Waals surface area contributed by atoms with Gasteiger partial charge in [-0.3, -0.25) is 4.79 Å². The number of rotatable bonds is 7. The van der Waals surface area contributed by atoms with Gasteiger partial charge in [0, 0.05) is 10.0 Å². The summed E-state index contributed by atoms with van der Waals surface area (Å²) in [6, 6.07) is 18.3. The summed E-state index contributed by atoms with van der Waals surface area (Å²) in [6.45, 7) is 0. The van der Waals surface area contributed by atoms with Crippen LogP contribution in [-0.4, -0.2) is 20.4 Å². The molecule has 156 valence electrons. The second kappa shape index (κ2) is 9.81. The molecule has 1 unspecified atom stereocenters. The molecule has 0 aliphatic rings. The van der Waals surface area contributed by atoms with Gasteiger partial charge in [-0.1, -0.05) is 65.1 Å². The Hall–Kier alpha value is -2.09. The van der Waals surface area contributed by atoms with Gasteiger partial charge in [0.15, 0.2) is 0 Å². The van der Waals surface area contributed by atoms with Gasteiger partial charge in [-0.2, -0.15) is 4.72 Å². The summed E-state index contributed by atoms with van der Waals surface area (Å²) >= 11 is 17.9. The fraction of sp³-hybridized carbons (Fsp3) is 0.0952. The van der Waals surface area contributed by atoms with E-state index in [1.54, 1.807) is 12.1 Å². The number of carbonyl (C=O) groups excluding carboxylic acids is 1. The first kappa shape index (κ1) is 22.6. The molecule has 0 bridgehead atoms. The van der Waals surface area contributed by atoms with Crippen LogP contribution >= 0.6 is 34.8 Å². The first-order chi connectivity index (χ1) is 14.2. The van der Waals surface area contributed by atoms with Crippen molar-refractivity contribution in [1.29, 1.82) is 0 Å². The zero-order chi connectivity index (χ0) is 21.7. The van der Waals surface area contributed by atoms with Gasteiger partial charge in [-0.05, 0) is 54.4 Å². The molecule has 0 fully saturated rings. The van der Waals surface area contributed by atoms with Crippen LogP contribution in [0.25, 0.3) is 0 Å². The highest BCUT2D eigenvalue weighted by Gasteiger charge is 2.26. The summed E-state index contributed by atoms with van der Waals surface area (Å²) in [6.07, 6.45) is 0.144. The SMILES string of the molecule is O=C(Nc1ccc(Cl)cc1Cl)C(Cc1ccccc1)NS(=O)(=O)c1ccc(Cl)cc1. The number of hydrogen-bond acceptors (Lipinski definition) is 3. The Morgan fingerprint density at radius 2 is 1.50 bits per heavy atom. The molecule has 0 aromatic heterocycles. The molecule has 0 heterocycles. The van der Waals surface area contributed by atoms with Crippen LogP contribution in [0.2, 0.25) is 15.1 Å². The van der Waals surface area contributed by atoms with Gasteiger partial charge in [-0.25, -0.2) is 8.42 Å². The normalized spacial score (nSPS) is 12.4. The molecule has 3 aromatic carbocycles. The lowest BCUT2D eigenvalue weighted by Gasteiger charge is -2.19. The van der Waals surface area contributed by atoms with Crippen LogP contribution in [-0.2, 0) is 21.2 Å². The van der Waals surface area contributed by atoms with Crippen molar-refractivity contribution in [3.8, 4) is 0 Å². The molecule has 9 heteroatoms. The Balaban J connectivity index is 1.87. The van der Waals surface area contributed by atoms with E-state index in [4.69, 9.17) is 34.8 Å². The van der Waals surface area contributed by atoms with Gasteiger partial charge < -0.3 is 5.32 Å². The molecular formula is C21H17Cl3N2O3S. The number of hydrogen-bond donors (Lipinski definition) is 2. The topological polar surface area (TPSA) is 75.3 Å². The van der Waals surface area contributed by atoms with Crippen molar-refractivity contribution < 1.29 is 13.2 Å². The van der Waals surface area contributed by atoms with Gasteiger partial charge >= 0.3 is 0 Å². The fourth-order valence-electron chi connectivity index (χ4n) is 2.72. The highest BCUT2D eigenvalue weighted by atomic mass is 35.5. The van der Waals surface area contributed by atoms with Crippen molar-refractivity contribution in [1.82, 2.24) is 4.72 Å². The highest BCUT2D eigenvalue weighted by Crippen LogP contribution is 2.26. The maximum absolute atomic E-state index is 13.0. The van der Waals surface area contributed by atoms with E-state index in [0.29, 0.717) is 15.7 Å². The predicted molar refractivity (Wildman–Crippen MR) is 121 cm³/mol. The predicted octanol–water partition coefficient (Wildman–Crippen LogP) is 5.18. The van der Waals surface area contributed by atoms with Crippen LogP contribution in [0.15, 0.2) is 77.7 Å². The molecule has 30 heavy (non-hydrogen) atoms. The molecule has 0 saturated carbocycles. The van der Waals surface area contributed by atoms with Crippen LogP contribution in [0.4, 0.5) is 5.69 Å². The van der Waals surface area contributed by atoms with Gasteiger partial charge in [0.25, 0.3) is 0 Å². The van der Waals surface area contributed by atoms with Crippen molar-refractivity contribution >= 4 is 56.4 Å². The molecule has 0 radical (unpaired) electrons. The first-order valence-electron chi connectivity index (χ1n) is 8.82. The number of anilines is 1. The van der Waals surface area contributed by atoms with Gasteiger partial charge in [-0.15, -0.1) is 0 Å². The molecule has 3 rings (SSSR count). The number of carbonyl (C=O) groups is 1. The number of halogens is 3. The molecule has 0 aliphatic carbocycles. The quantitative estimate of drug-likeness (QED) is 0.486. The summed E-state index contributed by atoms with van der Waals surface area (Å²) < 4.78 is 28.1. The van der Waals surface area contributed by atoms with E-state index in [0.717, 1.165) is 5.56 Å². The van der Waals surface area contributed by atoms with Crippen LogP contribution in [0.3, 0.4) is 0 Å². The van der Waals surface area contributed by atoms with Gasteiger partial charge in [0.2, 0.25) is 15.9 Å². The van der Waals surface area contributed by atoms with Crippen LogP contribution in [0.5, 0.6) is 0 Å². The Morgan fingerprint density at radius 3 is 2.13 bits per heavy atom. The summed E-state index contributed by atoms with van der Waals surface area (Å²) in [7, 11) is -3.97. The maximum atomic E-state index is 13.0. The van der Waals surface area contributed by atoms with Crippen molar-refractivity contribution in [3.63, 3.8) is 0 Å². The lowest BCUT2D eigenvalue weighted by molar-refractivity contribution is -0.117. The van der Waals surface area contributed by atoms with Crippen LogP contribution in [0, 0.1) is 0 Å². The van der Waals surface area contributed by atoms with Crippen LogP contribution in [0.1, 0.15) is 5.56 Å². The second-order valence-electron chi connectivity index (χ2n) is 6.43. The van der Waals surface area contributed by atoms with Gasteiger partial charge in [0.1, 0.15) is 6.04 Å². The Kier molecular flexibility index (Phi) is 7.39. The first-order valence-corrected chi connectivity index (χ1v) is 11.4. The molecule has 5 nitrogen and oxygen atoms in total. The lowest BCUT2D eigenvalue weighted by atomic mass is 10.1. The Bertz CT molecular complexity index is 1140. The number of sulfonamides is 1. The highest BCUT2D eigenvalue weighted by molar-refractivity contribution is 7.89. The smallest absolute Gasteiger partial charge is 0.242 e. The zero-order valence-electron chi connectivity index (χ0n) is 15.5. The standard InChI is InChI=1S/C21H17Cl3N2O3S/c22-15-6-9-17(10-7-15)30(28,29)26-20(12-14-4-2-1-3-5-14)21(27)25-19-11-8-16(23)13-18(19)24/h1-11,13,20,26H,12H2,(H,25,27). The molecule has 1 amide bonds. The van der Waals surface area contributed by atoms with Crippen molar-refractivity contribution in [2.45, 2.75) is 17.4 Å². The Morgan fingerprint density at radius 1 is 0.867 bits per heavy atom. The Labute approximate surface area is 190 Å². The van der Waals surface area contributed by atoms with Gasteiger partial charge in [0.05, 0.1) is 15.6 Å². The van der Waals surface area contributed by atoms with E-state index in [1.807, 2.05) is 30.3 Å². The van der Waals surface area contributed by atoms with E-state index in [-0.39, 0.29) is 16.3 Å². The third kappa shape index (κ3) is 5.97. The van der Waals surface area contributed by atoms with E-state index >= 15 is 0 Å². The summed E-state index contributed by atoms with van der Waals surface area (Å²) in [4.78, 5) is 13.0. The molecule has 1 atom stereocenters. The van der Waals surface area contributed by atoms with Crippen molar-refractivity contribution in [2.75, 3.05) is 5.32 Å². The third-order valence-electron chi connectivity index (χ3n) is 4.21. The summed E-state index contributed by atoms with van der Waals surface area (Å²) in [5.74, 6) is -0.555. The number of nitrogens with one attached hydrogen (secondary N) is 2.